The molecule has 0 atom stereocenters. The van der Waals surface area contributed by atoms with E-state index in [1.54, 1.807) is 19.9 Å². The van der Waals surface area contributed by atoms with Crippen LogP contribution in [0.15, 0.2) is 23.1 Å². The van der Waals surface area contributed by atoms with Gasteiger partial charge in [0.05, 0.1) is 11.4 Å². The molecule has 1 aliphatic heterocycles. The Balaban J connectivity index is 2.72. The van der Waals surface area contributed by atoms with E-state index in [1.165, 1.54) is 6.07 Å². The van der Waals surface area contributed by atoms with E-state index in [0.29, 0.717) is 5.69 Å². The van der Waals surface area contributed by atoms with Crippen LogP contribution in [0.3, 0.4) is 0 Å². The summed E-state index contributed by atoms with van der Waals surface area (Å²) in [5, 5.41) is 3.01. The summed E-state index contributed by atoms with van der Waals surface area (Å²) < 4.78 is 37.1. The van der Waals surface area contributed by atoms with Crippen molar-refractivity contribution >= 4 is 15.5 Å². The maximum absolute atomic E-state index is 13.4. The molecule has 1 aliphatic rings. The molecule has 0 saturated heterocycles. The third-order valence-electron chi connectivity index (χ3n) is 2.30. The summed E-state index contributed by atoms with van der Waals surface area (Å²) in [6, 6.07) is 4.24. The zero-order chi connectivity index (χ0) is 11.3. The molecule has 0 radical (unpaired) electrons. The monoisotopic (exact) mass is 229 g/mol. The molecule has 0 aliphatic carbocycles. The van der Waals surface area contributed by atoms with Gasteiger partial charge in [0, 0.05) is 5.54 Å². The molecular weight excluding hydrogens is 217 g/mol. The summed E-state index contributed by atoms with van der Waals surface area (Å²) in [5.74, 6) is -0.774. The first-order valence-corrected chi connectivity index (χ1v) is 6.26. The molecule has 0 bridgehead atoms. The molecule has 0 aromatic heterocycles. The van der Waals surface area contributed by atoms with E-state index in [0.717, 1.165) is 6.07 Å². The molecule has 15 heavy (non-hydrogen) atoms. The van der Waals surface area contributed by atoms with Crippen LogP contribution < -0.4 is 5.32 Å². The first-order valence-electron chi connectivity index (χ1n) is 4.61. The van der Waals surface area contributed by atoms with Crippen molar-refractivity contribution in [3.8, 4) is 0 Å². The number of hydrogen-bond donors (Lipinski definition) is 1. The number of anilines is 1. The van der Waals surface area contributed by atoms with Crippen molar-refractivity contribution in [1.82, 2.24) is 0 Å². The van der Waals surface area contributed by atoms with Crippen LogP contribution in [0.5, 0.6) is 0 Å². The largest absolute Gasteiger partial charge is 0.378 e. The van der Waals surface area contributed by atoms with Gasteiger partial charge in [0.25, 0.3) is 0 Å². The van der Waals surface area contributed by atoms with Crippen molar-refractivity contribution in [1.29, 1.82) is 0 Å². The average molecular weight is 229 g/mol. The minimum Gasteiger partial charge on any atom is -0.378 e. The third kappa shape index (κ3) is 1.71. The highest BCUT2D eigenvalue weighted by Gasteiger charge is 2.36. The molecule has 1 heterocycles. The van der Waals surface area contributed by atoms with Crippen LogP contribution >= 0.6 is 0 Å². The lowest BCUT2D eigenvalue weighted by Crippen LogP contribution is -2.43. The van der Waals surface area contributed by atoms with Gasteiger partial charge in [0.15, 0.2) is 9.84 Å². The van der Waals surface area contributed by atoms with Crippen LogP contribution in [0.2, 0.25) is 0 Å². The highest BCUT2D eigenvalue weighted by atomic mass is 32.2. The van der Waals surface area contributed by atoms with Gasteiger partial charge in [0.2, 0.25) is 0 Å². The van der Waals surface area contributed by atoms with E-state index in [4.69, 9.17) is 0 Å². The average Bonchev–Trinajstić information content (AvgIpc) is 1.97. The van der Waals surface area contributed by atoms with Gasteiger partial charge in [-0.15, -0.1) is 0 Å². The fraction of sp³-hybridized carbons (Fsp3) is 0.400. The van der Waals surface area contributed by atoms with E-state index in [1.807, 2.05) is 0 Å². The van der Waals surface area contributed by atoms with Gasteiger partial charge in [0.1, 0.15) is 10.7 Å². The summed E-state index contributed by atoms with van der Waals surface area (Å²) in [6.45, 7) is 3.55. The van der Waals surface area contributed by atoms with E-state index in [-0.39, 0.29) is 10.6 Å². The topological polar surface area (TPSA) is 46.2 Å². The highest BCUT2D eigenvalue weighted by molar-refractivity contribution is 7.91. The maximum Gasteiger partial charge on any atom is 0.185 e. The van der Waals surface area contributed by atoms with Crippen LogP contribution in [-0.4, -0.2) is 19.7 Å². The predicted octanol–water partition coefficient (Wildman–Crippen LogP) is 1.80. The first-order chi connectivity index (χ1) is 6.82. The molecule has 0 amide bonds. The number of hydrogen-bond acceptors (Lipinski definition) is 3. The van der Waals surface area contributed by atoms with Crippen LogP contribution in [0.25, 0.3) is 0 Å². The van der Waals surface area contributed by atoms with E-state index in [2.05, 4.69) is 5.32 Å². The number of fused-ring (bicyclic) bond motifs is 1. The van der Waals surface area contributed by atoms with E-state index >= 15 is 0 Å². The van der Waals surface area contributed by atoms with Crippen molar-refractivity contribution in [2.75, 3.05) is 11.1 Å². The summed E-state index contributed by atoms with van der Waals surface area (Å²) in [7, 11) is -3.52. The number of sulfone groups is 1. The third-order valence-corrected chi connectivity index (χ3v) is 4.44. The molecule has 3 nitrogen and oxygen atoms in total. The van der Waals surface area contributed by atoms with E-state index in [9.17, 15) is 12.8 Å². The van der Waals surface area contributed by atoms with Crippen molar-refractivity contribution in [2.24, 2.45) is 0 Å². The normalized spacial score (nSPS) is 21.5. The van der Waals surface area contributed by atoms with Crippen molar-refractivity contribution < 1.29 is 12.8 Å². The van der Waals surface area contributed by atoms with Gasteiger partial charge in [-0.1, -0.05) is 6.07 Å². The Bertz CT molecular complexity index is 508. The zero-order valence-corrected chi connectivity index (χ0v) is 9.36. The minimum atomic E-state index is -3.52. The predicted molar refractivity (Wildman–Crippen MR) is 56.2 cm³/mol. The van der Waals surface area contributed by atoms with Crippen LogP contribution in [-0.2, 0) is 9.84 Å². The lowest BCUT2D eigenvalue weighted by Gasteiger charge is -2.33. The maximum atomic E-state index is 13.4. The Hall–Kier alpha value is -1.10. The van der Waals surface area contributed by atoms with Crippen LogP contribution in [0.1, 0.15) is 13.8 Å². The SMILES string of the molecule is CC1(C)CS(=O)(=O)c2c(F)cccc2N1. The molecule has 82 valence electrons. The van der Waals surface area contributed by atoms with Crippen molar-refractivity contribution in [2.45, 2.75) is 24.3 Å². The number of nitrogens with one attached hydrogen (secondary N) is 1. The summed E-state index contributed by atoms with van der Waals surface area (Å²) in [4.78, 5) is -0.204. The summed E-state index contributed by atoms with van der Waals surface area (Å²) >= 11 is 0. The Kier molecular flexibility index (Phi) is 2.05. The lowest BCUT2D eigenvalue weighted by atomic mass is 10.1. The smallest absolute Gasteiger partial charge is 0.185 e. The highest BCUT2D eigenvalue weighted by Crippen LogP contribution is 2.34. The second kappa shape index (κ2) is 2.95. The standard InChI is InChI=1S/C10H12FNO2S/c1-10(2)6-15(13,14)9-7(11)4-3-5-8(9)12-10/h3-5,12H,6H2,1-2H3. The Labute approximate surface area is 88.2 Å². The number of rotatable bonds is 0. The molecule has 0 unspecified atom stereocenters. The molecule has 5 heteroatoms. The van der Waals surface area contributed by atoms with Crippen molar-refractivity contribution in [3.05, 3.63) is 24.0 Å². The van der Waals surface area contributed by atoms with Gasteiger partial charge < -0.3 is 5.32 Å². The van der Waals surface area contributed by atoms with E-state index < -0.39 is 21.2 Å². The molecule has 0 spiro atoms. The quantitative estimate of drug-likeness (QED) is 0.738. The van der Waals surface area contributed by atoms with Gasteiger partial charge in [-0.05, 0) is 26.0 Å². The lowest BCUT2D eigenvalue weighted by molar-refractivity contribution is 0.535. The van der Waals surface area contributed by atoms with Gasteiger partial charge in [-0.3, -0.25) is 0 Å². The van der Waals surface area contributed by atoms with Gasteiger partial charge in [-0.25, -0.2) is 12.8 Å². The number of halogens is 1. The molecule has 2 rings (SSSR count). The number of benzene rings is 1. The summed E-state index contributed by atoms with van der Waals surface area (Å²) in [5.41, 5.74) is -0.203. The molecule has 1 aromatic carbocycles. The molecule has 0 fully saturated rings. The van der Waals surface area contributed by atoms with Gasteiger partial charge in [-0.2, -0.15) is 0 Å². The molecule has 1 N–H and O–H groups in total. The van der Waals surface area contributed by atoms with Crippen LogP contribution in [0.4, 0.5) is 10.1 Å². The molecule has 1 aromatic rings. The van der Waals surface area contributed by atoms with Crippen molar-refractivity contribution in [3.63, 3.8) is 0 Å². The second-order valence-corrected chi connectivity index (χ2v) is 6.31. The Morgan fingerprint density at radius 3 is 2.73 bits per heavy atom. The fourth-order valence-corrected chi connectivity index (χ4v) is 3.86. The Morgan fingerprint density at radius 2 is 2.07 bits per heavy atom. The summed E-state index contributed by atoms with van der Waals surface area (Å²) in [6.07, 6.45) is 0. The minimum absolute atomic E-state index is 0.0894. The molecule has 0 saturated carbocycles. The van der Waals surface area contributed by atoms with Gasteiger partial charge >= 0.3 is 0 Å². The first kappa shape index (κ1) is 10.4. The second-order valence-electron chi connectivity index (χ2n) is 4.38. The zero-order valence-electron chi connectivity index (χ0n) is 8.54. The Morgan fingerprint density at radius 1 is 1.40 bits per heavy atom. The fourth-order valence-electron chi connectivity index (χ4n) is 1.87. The van der Waals surface area contributed by atoms with Crippen LogP contribution in [0, 0.1) is 5.82 Å². The molecular formula is C10H12FNO2S.